The summed E-state index contributed by atoms with van der Waals surface area (Å²) in [6.07, 6.45) is 3.16. The number of aliphatic hydroxyl groups is 3. The van der Waals surface area contributed by atoms with Gasteiger partial charge in [-0.1, -0.05) is 11.6 Å². The molecule has 4 rings (SSSR count). The predicted molar refractivity (Wildman–Crippen MR) is 131 cm³/mol. The largest absolute Gasteiger partial charge is 0.433 e. The molecule has 10 nitrogen and oxygen atoms in total. The summed E-state index contributed by atoms with van der Waals surface area (Å²) in [4.78, 5) is 28.8. The molecule has 4 aromatic rings. The van der Waals surface area contributed by atoms with Gasteiger partial charge in [0, 0.05) is 30.2 Å². The summed E-state index contributed by atoms with van der Waals surface area (Å²) in [5.41, 5.74) is -3.69. The van der Waals surface area contributed by atoms with Crippen molar-refractivity contribution in [3.63, 3.8) is 0 Å². The van der Waals surface area contributed by atoms with E-state index in [1.54, 1.807) is 0 Å². The van der Waals surface area contributed by atoms with Crippen molar-refractivity contribution in [2.24, 2.45) is 0 Å². The van der Waals surface area contributed by atoms with Crippen LogP contribution in [-0.4, -0.2) is 39.8 Å². The Morgan fingerprint density at radius 1 is 1.03 bits per heavy atom. The topological polar surface area (TPSA) is 143 Å². The van der Waals surface area contributed by atoms with Crippen molar-refractivity contribution in [2.75, 3.05) is 0 Å². The first kappa shape index (κ1) is 28.1. The van der Waals surface area contributed by atoms with Crippen LogP contribution in [0.1, 0.15) is 36.6 Å². The second-order valence-corrected chi connectivity index (χ2v) is 9.45. The van der Waals surface area contributed by atoms with Crippen molar-refractivity contribution in [3.8, 4) is 22.8 Å². The first-order valence-electron chi connectivity index (χ1n) is 11.2. The van der Waals surface area contributed by atoms with Gasteiger partial charge in [-0.15, -0.1) is 0 Å². The summed E-state index contributed by atoms with van der Waals surface area (Å²) in [6.45, 7) is 5.79. The van der Waals surface area contributed by atoms with Crippen molar-refractivity contribution < 1.29 is 33.2 Å². The molecule has 3 N–H and O–H groups in total. The third kappa shape index (κ3) is 5.34. The van der Waals surface area contributed by atoms with Gasteiger partial charge in [0.05, 0.1) is 17.6 Å². The number of nitrogens with zero attached hydrogens (tertiary/aromatic N) is 5. The van der Waals surface area contributed by atoms with Crippen LogP contribution >= 0.6 is 11.6 Å². The summed E-state index contributed by atoms with van der Waals surface area (Å²) in [6, 6.07) is 2.82. The van der Waals surface area contributed by atoms with Crippen LogP contribution in [-0.2, 0) is 11.6 Å². The van der Waals surface area contributed by atoms with Gasteiger partial charge in [-0.2, -0.15) is 0 Å². The van der Waals surface area contributed by atoms with Crippen LogP contribution in [0.3, 0.4) is 0 Å². The van der Waals surface area contributed by atoms with Crippen molar-refractivity contribution in [3.05, 3.63) is 92.4 Å². The molecule has 0 aliphatic carbocycles. The fourth-order valence-electron chi connectivity index (χ4n) is 3.69. The van der Waals surface area contributed by atoms with Crippen LogP contribution in [0.5, 0.6) is 5.75 Å². The van der Waals surface area contributed by atoms with Crippen molar-refractivity contribution in [1.82, 2.24) is 24.5 Å². The molecule has 0 fully saturated rings. The van der Waals surface area contributed by atoms with Crippen molar-refractivity contribution in [2.45, 2.75) is 39.3 Å². The number of aryl methyl sites for hydroxylation is 2. The van der Waals surface area contributed by atoms with Gasteiger partial charge in [0.15, 0.2) is 28.9 Å². The molecule has 0 unspecified atom stereocenters. The minimum atomic E-state index is -3.44. The zero-order valence-corrected chi connectivity index (χ0v) is 21.6. The monoisotopic (exact) mass is 563 g/mol. The maximum Gasteiger partial charge on any atom is 0.372 e. The quantitative estimate of drug-likeness (QED) is 0.301. The molecule has 0 radical (unpaired) electrons. The number of hydrogen-bond donors (Lipinski definition) is 3. The number of ether oxygens (including phenoxy) is 1. The van der Waals surface area contributed by atoms with E-state index in [4.69, 9.17) is 16.3 Å². The molecule has 4 aromatic heterocycles. The standard InChI is InChI=1S/C25H21ClF3N5O5/c1-11-9-31-19(15-5-6-30-23(33-15)24(3,4)36)18(29)20(11)34-12(2)7-16(17(26)22(34)35)39-25(37,38)21-14(28)8-13(27)10-32-21/h5-10,36-38H,1-4H3. The molecule has 204 valence electrons. The molecule has 14 heteroatoms. The van der Waals surface area contributed by atoms with Crippen LogP contribution in [0.2, 0.25) is 5.02 Å². The summed E-state index contributed by atoms with van der Waals surface area (Å²) >= 11 is 6.17. The second-order valence-electron chi connectivity index (χ2n) is 9.08. The molecular weight excluding hydrogens is 543 g/mol. The van der Waals surface area contributed by atoms with E-state index in [0.717, 1.165) is 10.6 Å². The lowest BCUT2D eigenvalue weighted by Crippen LogP contribution is -2.36. The molecule has 0 spiro atoms. The second kappa shape index (κ2) is 10.0. The van der Waals surface area contributed by atoms with Crippen molar-refractivity contribution >= 4 is 11.6 Å². The molecule has 39 heavy (non-hydrogen) atoms. The highest BCUT2D eigenvalue weighted by Crippen LogP contribution is 2.32. The lowest BCUT2D eigenvalue weighted by molar-refractivity contribution is -0.308. The van der Waals surface area contributed by atoms with Gasteiger partial charge in [0.2, 0.25) is 0 Å². The zero-order chi connectivity index (χ0) is 28.9. The Kier molecular flexibility index (Phi) is 7.21. The lowest BCUT2D eigenvalue weighted by Gasteiger charge is -2.24. The molecule has 0 aliphatic rings. The first-order valence-corrected chi connectivity index (χ1v) is 11.6. The average Bonchev–Trinajstić information content (AvgIpc) is 2.83. The van der Waals surface area contributed by atoms with Gasteiger partial charge >= 0.3 is 5.97 Å². The molecule has 0 saturated carbocycles. The Balaban J connectivity index is 1.83. The van der Waals surface area contributed by atoms with E-state index in [1.165, 1.54) is 46.2 Å². The van der Waals surface area contributed by atoms with E-state index >= 15 is 4.39 Å². The summed E-state index contributed by atoms with van der Waals surface area (Å²) in [5, 5.41) is 30.1. The van der Waals surface area contributed by atoms with Gasteiger partial charge in [-0.05, 0) is 39.3 Å². The third-order valence-electron chi connectivity index (χ3n) is 5.51. The van der Waals surface area contributed by atoms with Gasteiger partial charge < -0.3 is 20.1 Å². The van der Waals surface area contributed by atoms with E-state index in [-0.39, 0.29) is 34.2 Å². The van der Waals surface area contributed by atoms with Crippen LogP contribution in [0, 0.1) is 31.3 Å². The van der Waals surface area contributed by atoms with Crippen LogP contribution in [0.25, 0.3) is 17.1 Å². The van der Waals surface area contributed by atoms with Crippen LogP contribution in [0.15, 0.2) is 41.6 Å². The van der Waals surface area contributed by atoms with Gasteiger partial charge in [0.25, 0.3) is 5.56 Å². The zero-order valence-electron chi connectivity index (χ0n) is 20.9. The number of hydrogen-bond acceptors (Lipinski definition) is 9. The van der Waals surface area contributed by atoms with Crippen LogP contribution in [0.4, 0.5) is 13.2 Å². The molecule has 4 heterocycles. The normalized spacial score (nSPS) is 12.1. The highest BCUT2D eigenvalue weighted by atomic mass is 35.5. The Morgan fingerprint density at radius 2 is 1.72 bits per heavy atom. The maximum absolute atomic E-state index is 15.9. The molecular formula is C25H21ClF3N5O5. The minimum Gasteiger partial charge on any atom is -0.433 e. The third-order valence-corrected chi connectivity index (χ3v) is 5.86. The van der Waals surface area contributed by atoms with Gasteiger partial charge in [-0.25, -0.2) is 28.1 Å². The van der Waals surface area contributed by atoms with E-state index in [9.17, 15) is 28.9 Å². The summed E-state index contributed by atoms with van der Waals surface area (Å²) in [5.74, 6) is -7.46. The highest BCUT2D eigenvalue weighted by molar-refractivity contribution is 6.31. The smallest absolute Gasteiger partial charge is 0.372 e. The Bertz CT molecular complexity index is 1660. The number of halogens is 4. The lowest BCUT2D eigenvalue weighted by atomic mass is 10.1. The maximum atomic E-state index is 15.9. The van der Waals surface area contributed by atoms with E-state index < -0.39 is 51.1 Å². The molecule has 0 amide bonds. The molecule has 0 aliphatic heterocycles. The summed E-state index contributed by atoms with van der Waals surface area (Å²) in [7, 11) is 0. The number of rotatable bonds is 6. The average molecular weight is 564 g/mol. The fourth-order valence-corrected chi connectivity index (χ4v) is 3.87. The van der Waals surface area contributed by atoms with Crippen molar-refractivity contribution in [1.29, 1.82) is 0 Å². The molecule has 0 saturated heterocycles. The van der Waals surface area contributed by atoms with E-state index in [2.05, 4.69) is 19.9 Å². The Hall–Kier alpha value is -3.91. The number of aromatic nitrogens is 5. The first-order chi connectivity index (χ1) is 18.1. The Morgan fingerprint density at radius 3 is 2.36 bits per heavy atom. The fraction of sp³-hybridized carbons (Fsp3) is 0.240. The highest BCUT2D eigenvalue weighted by Gasteiger charge is 2.36. The molecule has 0 bridgehead atoms. The van der Waals surface area contributed by atoms with Gasteiger partial charge in [-0.3, -0.25) is 14.3 Å². The predicted octanol–water partition coefficient (Wildman–Crippen LogP) is 3.17. The Labute approximate surface area is 224 Å². The van der Waals surface area contributed by atoms with Gasteiger partial charge in [0.1, 0.15) is 22.1 Å². The molecule has 0 atom stereocenters. The number of pyridine rings is 3. The molecule has 0 aromatic carbocycles. The summed E-state index contributed by atoms with van der Waals surface area (Å²) < 4.78 is 49.1. The van der Waals surface area contributed by atoms with Crippen LogP contribution < -0.4 is 10.3 Å². The van der Waals surface area contributed by atoms with E-state index in [1.807, 2.05) is 0 Å². The SMILES string of the molecule is Cc1cnc(-c2ccnc(C(C)(C)O)n2)c(F)c1-n1c(C)cc(OC(O)(O)c2ncc(F)cc2F)c(Cl)c1=O. The van der Waals surface area contributed by atoms with E-state index in [0.29, 0.717) is 12.3 Å². The minimum absolute atomic E-state index is 0.0183.